The molecule has 1 fully saturated rings. The van der Waals surface area contributed by atoms with Crippen molar-refractivity contribution in [1.82, 2.24) is 20.0 Å². The Morgan fingerprint density at radius 1 is 1.11 bits per heavy atom. The Morgan fingerprint density at radius 2 is 1.78 bits per heavy atom. The highest BCUT2D eigenvalue weighted by Gasteiger charge is 2.23. The molecule has 0 radical (unpaired) electrons. The first-order valence-corrected chi connectivity index (χ1v) is 9.64. The molecule has 0 aliphatic carbocycles. The molecule has 27 heavy (non-hydrogen) atoms. The van der Waals surface area contributed by atoms with Gasteiger partial charge < -0.3 is 15.1 Å². The van der Waals surface area contributed by atoms with Gasteiger partial charge in [0, 0.05) is 49.9 Å². The smallest absolute Gasteiger partial charge is 0.251 e. The second-order valence-corrected chi connectivity index (χ2v) is 6.85. The summed E-state index contributed by atoms with van der Waals surface area (Å²) in [5.74, 6) is -0.331. The number of nitrogens with one attached hydrogen (secondary N) is 1. The van der Waals surface area contributed by atoms with Crippen LogP contribution in [0.5, 0.6) is 0 Å². The Bertz CT molecular complexity index is 671. The maximum atomic E-state index is 12.3. The van der Waals surface area contributed by atoms with E-state index in [1.807, 2.05) is 18.7 Å². The molecule has 2 rings (SSSR count). The van der Waals surface area contributed by atoms with Crippen LogP contribution in [0.25, 0.3) is 0 Å². The summed E-state index contributed by atoms with van der Waals surface area (Å²) in [6.45, 7) is 8.10. The van der Waals surface area contributed by atoms with Crippen molar-refractivity contribution < 1.29 is 14.4 Å². The molecule has 0 aromatic heterocycles. The van der Waals surface area contributed by atoms with Crippen LogP contribution in [-0.2, 0) is 9.59 Å². The molecule has 1 aromatic carbocycles. The first kappa shape index (κ1) is 21.2. The van der Waals surface area contributed by atoms with E-state index in [0.29, 0.717) is 56.4 Å². The average molecular weight is 395 g/mol. The van der Waals surface area contributed by atoms with E-state index < -0.39 is 0 Å². The summed E-state index contributed by atoms with van der Waals surface area (Å²) in [5.41, 5.74) is 0.426. The van der Waals surface area contributed by atoms with Crippen LogP contribution in [0.1, 0.15) is 24.2 Å². The van der Waals surface area contributed by atoms with E-state index in [4.69, 9.17) is 11.6 Å². The Kier molecular flexibility index (Phi) is 8.06. The molecule has 0 atom stereocenters. The van der Waals surface area contributed by atoms with E-state index in [2.05, 4.69) is 10.2 Å². The first-order valence-electron chi connectivity index (χ1n) is 9.26. The molecule has 1 heterocycles. The number of benzene rings is 1. The summed E-state index contributed by atoms with van der Waals surface area (Å²) in [7, 11) is 0. The molecule has 1 N–H and O–H groups in total. The van der Waals surface area contributed by atoms with Crippen LogP contribution in [0, 0.1) is 0 Å². The van der Waals surface area contributed by atoms with Crippen LogP contribution in [0.4, 0.5) is 0 Å². The molecule has 0 saturated carbocycles. The fourth-order valence-corrected chi connectivity index (χ4v) is 3.21. The zero-order valence-electron chi connectivity index (χ0n) is 15.9. The summed E-state index contributed by atoms with van der Waals surface area (Å²) < 4.78 is 0. The second-order valence-electron chi connectivity index (χ2n) is 6.42. The van der Waals surface area contributed by atoms with Gasteiger partial charge in [-0.05, 0) is 32.0 Å². The number of carbonyl (C=O) groups excluding carboxylic acids is 3. The van der Waals surface area contributed by atoms with E-state index in [1.54, 1.807) is 29.2 Å². The normalized spacial score (nSPS) is 14.7. The van der Waals surface area contributed by atoms with Crippen LogP contribution in [-0.4, -0.2) is 84.8 Å². The number of hydrogen-bond donors (Lipinski definition) is 1. The third kappa shape index (κ3) is 6.22. The van der Waals surface area contributed by atoms with Gasteiger partial charge >= 0.3 is 0 Å². The number of piperazine rings is 1. The lowest BCUT2D eigenvalue weighted by atomic mass is 10.2. The van der Waals surface area contributed by atoms with Crippen molar-refractivity contribution in [3.05, 3.63) is 34.9 Å². The summed E-state index contributed by atoms with van der Waals surface area (Å²) >= 11 is 5.87. The molecular weight excluding hydrogens is 368 g/mol. The number of hydrogen-bond acceptors (Lipinski definition) is 4. The molecule has 0 unspecified atom stereocenters. The highest BCUT2D eigenvalue weighted by Crippen LogP contribution is 2.10. The zero-order valence-corrected chi connectivity index (χ0v) is 16.7. The molecule has 1 saturated heterocycles. The van der Waals surface area contributed by atoms with Crippen molar-refractivity contribution in [3.63, 3.8) is 0 Å². The fourth-order valence-electron chi connectivity index (χ4n) is 3.02. The molecule has 1 aliphatic heterocycles. The minimum Gasteiger partial charge on any atom is -0.343 e. The quantitative estimate of drug-likeness (QED) is 0.751. The summed E-state index contributed by atoms with van der Waals surface area (Å²) in [6, 6.07) is 6.59. The van der Waals surface area contributed by atoms with Crippen molar-refractivity contribution in [3.8, 4) is 0 Å². The fraction of sp³-hybridized carbons (Fsp3) is 0.526. The van der Waals surface area contributed by atoms with Gasteiger partial charge in [0.1, 0.15) is 0 Å². The van der Waals surface area contributed by atoms with Crippen molar-refractivity contribution in [2.45, 2.75) is 13.8 Å². The SMILES string of the molecule is CCN(CC)C(=O)CN1CCN(C(=O)CNC(=O)c2cccc(Cl)c2)CC1. The van der Waals surface area contributed by atoms with Gasteiger partial charge in [0.05, 0.1) is 13.1 Å². The number of nitrogens with zero attached hydrogens (tertiary/aromatic N) is 3. The Balaban J connectivity index is 1.74. The number of carbonyl (C=O) groups is 3. The minimum absolute atomic E-state index is 0.0519. The van der Waals surface area contributed by atoms with E-state index >= 15 is 0 Å². The predicted molar refractivity (Wildman–Crippen MR) is 105 cm³/mol. The third-order valence-electron chi connectivity index (χ3n) is 4.69. The lowest BCUT2D eigenvalue weighted by molar-refractivity contribution is -0.134. The van der Waals surface area contributed by atoms with E-state index in [0.717, 1.165) is 0 Å². The van der Waals surface area contributed by atoms with Crippen molar-refractivity contribution in [2.24, 2.45) is 0 Å². The maximum absolute atomic E-state index is 12.3. The number of rotatable bonds is 7. The summed E-state index contributed by atoms with van der Waals surface area (Å²) in [6.07, 6.45) is 0. The summed E-state index contributed by atoms with van der Waals surface area (Å²) in [5, 5.41) is 3.11. The Morgan fingerprint density at radius 3 is 2.37 bits per heavy atom. The van der Waals surface area contributed by atoms with Gasteiger partial charge in [-0.25, -0.2) is 0 Å². The van der Waals surface area contributed by atoms with Crippen LogP contribution in [0.3, 0.4) is 0 Å². The lowest BCUT2D eigenvalue weighted by Crippen LogP contribution is -2.53. The number of likely N-dealkylation sites (N-methyl/N-ethyl adjacent to an activating group) is 1. The molecule has 7 nitrogen and oxygen atoms in total. The first-order chi connectivity index (χ1) is 12.9. The standard InChI is InChI=1S/C19H27ClN4O3/c1-3-23(4-2)18(26)14-22-8-10-24(11-9-22)17(25)13-21-19(27)15-6-5-7-16(20)12-15/h5-7,12H,3-4,8-11,13-14H2,1-2H3,(H,21,27). The van der Waals surface area contributed by atoms with Crippen molar-refractivity contribution in [1.29, 1.82) is 0 Å². The van der Waals surface area contributed by atoms with Gasteiger partial charge in [-0.1, -0.05) is 17.7 Å². The summed E-state index contributed by atoms with van der Waals surface area (Å²) in [4.78, 5) is 42.2. The van der Waals surface area contributed by atoms with Gasteiger partial charge in [-0.3, -0.25) is 19.3 Å². The maximum Gasteiger partial charge on any atom is 0.251 e. The third-order valence-corrected chi connectivity index (χ3v) is 4.92. The Labute approximate surface area is 165 Å². The van der Waals surface area contributed by atoms with Crippen LogP contribution in [0.2, 0.25) is 5.02 Å². The van der Waals surface area contributed by atoms with Gasteiger partial charge in [0.2, 0.25) is 11.8 Å². The van der Waals surface area contributed by atoms with Crippen molar-refractivity contribution in [2.75, 3.05) is 52.4 Å². The van der Waals surface area contributed by atoms with E-state index in [-0.39, 0.29) is 24.3 Å². The van der Waals surface area contributed by atoms with Gasteiger partial charge in [0.25, 0.3) is 5.91 Å². The monoisotopic (exact) mass is 394 g/mol. The molecule has 0 bridgehead atoms. The number of amides is 3. The molecular formula is C19H27ClN4O3. The molecule has 1 aromatic rings. The van der Waals surface area contributed by atoms with Gasteiger partial charge in [-0.15, -0.1) is 0 Å². The van der Waals surface area contributed by atoms with Gasteiger partial charge in [-0.2, -0.15) is 0 Å². The second kappa shape index (κ2) is 10.3. The highest BCUT2D eigenvalue weighted by atomic mass is 35.5. The molecule has 0 spiro atoms. The minimum atomic E-state index is -0.325. The topological polar surface area (TPSA) is 73.0 Å². The largest absolute Gasteiger partial charge is 0.343 e. The molecule has 8 heteroatoms. The van der Waals surface area contributed by atoms with Crippen LogP contribution < -0.4 is 5.32 Å². The van der Waals surface area contributed by atoms with Crippen LogP contribution in [0.15, 0.2) is 24.3 Å². The predicted octanol–water partition coefficient (Wildman–Crippen LogP) is 1.08. The average Bonchev–Trinajstić information content (AvgIpc) is 2.67. The molecule has 1 aliphatic rings. The van der Waals surface area contributed by atoms with Gasteiger partial charge in [0.15, 0.2) is 0 Å². The van der Waals surface area contributed by atoms with E-state index in [1.165, 1.54) is 0 Å². The number of halogens is 1. The van der Waals surface area contributed by atoms with Crippen LogP contribution >= 0.6 is 11.6 Å². The lowest BCUT2D eigenvalue weighted by Gasteiger charge is -2.35. The zero-order chi connectivity index (χ0) is 19.8. The highest BCUT2D eigenvalue weighted by molar-refractivity contribution is 6.30. The van der Waals surface area contributed by atoms with Crippen molar-refractivity contribution >= 4 is 29.3 Å². The molecule has 148 valence electrons. The van der Waals surface area contributed by atoms with E-state index in [9.17, 15) is 14.4 Å². The Hall–Kier alpha value is -2.12. The molecule has 3 amide bonds.